The molecule has 1 atom stereocenters. The van der Waals surface area contributed by atoms with Crippen LogP contribution in [0.3, 0.4) is 0 Å². The molecule has 94 valence electrons. The molecule has 4 nitrogen and oxygen atoms in total. The number of amides is 1. The smallest absolute Gasteiger partial charge is 0.368 e. The van der Waals surface area contributed by atoms with Gasteiger partial charge < -0.3 is 10.3 Å². The molecule has 0 radical (unpaired) electrons. The molecule has 2 N–H and O–H groups in total. The summed E-state index contributed by atoms with van der Waals surface area (Å²) < 4.78 is 38.1. The van der Waals surface area contributed by atoms with Crippen LogP contribution < -0.4 is 11.3 Å². The highest BCUT2D eigenvalue weighted by molar-refractivity contribution is 5.78. The highest BCUT2D eigenvalue weighted by Crippen LogP contribution is 2.28. The van der Waals surface area contributed by atoms with Crippen molar-refractivity contribution in [3.63, 3.8) is 0 Å². The van der Waals surface area contributed by atoms with Crippen molar-refractivity contribution in [2.24, 2.45) is 5.73 Å². The monoisotopic (exact) mass is 248 g/mol. The molecule has 0 saturated heterocycles. The van der Waals surface area contributed by atoms with E-state index in [0.29, 0.717) is 6.07 Å². The Morgan fingerprint density at radius 3 is 2.29 bits per heavy atom. The first-order valence-electron chi connectivity index (χ1n) is 4.74. The number of rotatable bonds is 2. The number of hydrogen-bond donors (Lipinski definition) is 1. The molecule has 0 spiro atoms. The first kappa shape index (κ1) is 13.3. The van der Waals surface area contributed by atoms with Crippen LogP contribution >= 0.6 is 0 Å². The van der Waals surface area contributed by atoms with E-state index in [9.17, 15) is 22.8 Å². The van der Waals surface area contributed by atoms with Gasteiger partial charge in [0.15, 0.2) is 0 Å². The quantitative estimate of drug-likeness (QED) is 0.855. The second-order valence-electron chi connectivity index (χ2n) is 3.67. The number of halogens is 3. The lowest BCUT2D eigenvalue weighted by molar-refractivity contribution is -0.137. The second-order valence-corrected chi connectivity index (χ2v) is 3.67. The van der Waals surface area contributed by atoms with Crippen molar-refractivity contribution in [1.82, 2.24) is 4.57 Å². The van der Waals surface area contributed by atoms with E-state index >= 15 is 0 Å². The molecule has 1 heterocycles. The summed E-state index contributed by atoms with van der Waals surface area (Å²) >= 11 is 0. The summed E-state index contributed by atoms with van der Waals surface area (Å²) in [4.78, 5) is 22.4. The number of aromatic nitrogens is 1. The second kappa shape index (κ2) is 4.23. The van der Waals surface area contributed by atoms with E-state index in [4.69, 9.17) is 5.73 Å². The number of hydrogen-bond acceptors (Lipinski definition) is 2. The number of primary amides is 1. The third-order valence-corrected chi connectivity index (χ3v) is 2.39. The maximum Gasteiger partial charge on any atom is 0.416 e. The molecule has 0 aliphatic heterocycles. The minimum absolute atomic E-state index is 0.0381. The molecule has 0 saturated carbocycles. The van der Waals surface area contributed by atoms with Gasteiger partial charge in [0.05, 0.1) is 5.56 Å². The first-order valence-corrected chi connectivity index (χ1v) is 4.74. The Labute approximate surface area is 94.8 Å². The molecule has 1 amide bonds. The Balaban J connectivity index is 3.40. The molecule has 7 heteroatoms. The van der Waals surface area contributed by atoms with E-state index in [0.717, 1.165) is 10.6 Å². The molecule has 0 aromatic carbocycles. The average Bonchev–Trinajstić information content (AvgIpc) is 2.14. The lowest BCUT2D eigenvalue weighted by Crippen LogP contribution is -2.34. The zero-order chi connectivity index (χ0) is 13.4. The Bertz CT molecular complexity index is 505. The van der Waals surface area contributed by atoms with Crippen molar-refractivity contribution >= 4 is 5.91 Å². The third-order valence-electron chi connectivity index (χ3n) is 2.39. The molecule has 17 heavy (non-hydrogen) atoms. The van der Waals surface area contributed by atoms with Gasteiger partial charge in [-0.15, -0.1) is 0 Å². The standard InChI is InChI=1S/C10H11F3N2O2/c1-5-3-7(10(11,12)13)4-8(16)15(5)6(2)9(14)17/h3-4,6H,1-2H3,(H2,14,17)/t6-/m0/s1. The number of nitrogens with two attached hydrogens (primary N) is 1. The molecule has 0 unspecified atom stereocenters. The summed E-state index contributed by atoms with van der Waals surface area (Å²) in [5, 5.41) is 0. The lowest BCUT2D eigenvalue weighted by atomic mass is 10.2. The van der Waals surface area contributed by atoms with Crippen LogP contribution in [-0.2, 0) is 11.0 Å². The molecule has 0 aliphatic rings. The van der Waals surface area contributed by atoms with Gasteiger partial charge in [-0.3, -0.25) is 9.59 Å². The maximum atomic E-state index is 12.4. The molecule has 1 rings (SSSR count). The van der Waals surface area contributed by atoms with Crippen LogP contribution in [0.15, 0.2) is 16.9 Å². The minimum atomic E-state index is -4.58. The number of carbonyl (C=O) groups excluding carboxylic acids is 1. The van der Waals surface area contributed by atoms with Gasteiger partial charge in [-0.25, -0.2) is 0 Å². The van der Waals surface area contributed by atoms with Crippen molar-refractivity contribution in [2.45, 2.75) is 26.1 Å². The van der Waals surface area contributed by atoms with Gasteiger partial charge in [-0.05, 0) is 19.9 Å². The summed E-state index contributed by atoms with van der Waals surface area (Å²) in [6.07, 6.45) is -4.58. The fourth-order valence-corrected chi connectivity index (χ4v) is 1.50. The first-order chi connectivity index (χ1) is 7.64. The Hall–Kier alpha value is -1.79. The predicted octanol–water partition coefficient (Wildman–Crippen LogP) is 1.22. The highest BCUT2D eigenvalue weighted by Gasteiger charge is 2.32. The number of alkyl halides is 3. The van der Waals surface area contributed by atoms with E-state index in [1.165, 1.54) is 13.8 Å². The largest absolute Gasteiger partial charge is 0.416 e. The summed E-state index contributed by atoms with van der Waals surface area (Å²) in [6.45, 7) is 2.67. The molecule has 1 aromatic heterocycles. The maximum absolute atomic E-state index is 12.4. The van der Waals surface area contributed by atoms with E-state index in [1.807, 2.05) is 0 Å². The van der Waals surface area contributed by atoms with Gasteiger partial charge in [0.1, 0.15) is 6.04 Å². The predicted molar refractivity (Wildman–Crippen MR) is 54.3 cm³/mol. The van der Waals surface area contributed by atoms with Crippen LogP contribution in [0.4, 0.5) is 13.2 Å². The molecule has 0 bridgehead atoms. The lowest BCUT2D eigenvalue weighted by Gasteiger charge is -2.16. The van der Waals surface area contributed by atoms with Crippen LogP contribution in [0.2, 0.25) is 0 Å². The van der Waals surface area contributed by atoms with Gasteiger partial charge >= 0.3 is 6.18 Å². The number of nitrogens with zero attached hydrogens (tertiary/aromatic N) is 1. The summed E-state index contributed by atoms with van der Waals surface area (Å²) in [6, 6.07) is 0.276. The van der Waals surface area contributed by atoms with Crippen molar-refractivity contribution in [3.8, 4) is 0 Å². The topological polar surface area (TPSA) is 65.1 Å². The highest BCUT2D eigenvalue weighted by atomic mass is 19.4. The fraction of sp³-hybridized carbons (Fsp3) is 0.400. The van der Waals surface area contributed by atoms with Crippen LogP contribution in [0.5, 0.6) is 0 Å². The van der Waals surface area contributed by atoms with Crippen LogP contribution in [0.1, 0.15) is 24.2 Å². The zero-order valence-electron chi connectivity index (χ0n) is 9.21. The number of pyridine rings is 1. The zero-order valence-corrected chi connectivity index (χ0v) is 9.21. The van der Waals surface area contributed by atoms with E-state index in [2.05, 4.69) is 0 Å². The van der Waals surface area contributed by atoms with Gasteiger partial charge in [0.2, 0.25) is 5.91 Å². The van der Waals surface area contributed by atoms with E-state index < -0.39 is 29.2 Å². The Morgan fingerprint density at radius 1 is 1.41 bits per heavy atom. The van der Waals surface area contributed by atoms with Gasteiger partial charge in [0.25, 0.3) is 5.56 Å². The number of carbonyl (C=O) groups is 1. The van der Waals surface area contributed by atoms with Crippen molar-refractivity contribution in [1.29, 1.82) is 0 Å². The average molecular weight is 248 g/mol. The number of aryl methyl sites for hydroxylation is 1. The SMILES string of the molecule is Cc1cc(C(F)(F)F)cc(=O)n1[C@@H](C)C(N)=O. The summed E-state index contributed by atoms with van der Waals surface area (Å²) in [5.74, 6) is -0.782. The van der Waals surface area contributed by atoms with Gasteiger partial charge in [0, 0.05) is 11.8 Å². The van der Waals surface area contributed by atoms with E-state index in [1.54, 1.807) is 0 Å². The van der Waals surface area contributed by atoms with Gasteiger partial charge in [-0.1, -0.05) is 0 Å². The molecule has 0 fully saturated rings. The summed E-state index contributed by atoms with van der Waals surface area (Å²) in [5.41, 5.74) is 3.11. The van der Waals surface area contributed by atoms with Crippen LogP contribution in [0.25, 0.3) is 0 Å². The van der Waals surface area contributed by atoms with E-state index in [-0.39, 0.29) is 5.69 Å². The normalized spacial score (nSPS) is 13.5. The minimum Gasteiger partial charge on any atom is -0.368 e. The van der Waals surface area contributed by atoms with Crippen molar-refractivity contribution in [3.05, 3.63) is 33.7 Å². The Morgan fingerprint density at radius 2 is 1.94 bits per heavy atom. The van der Waals surface area contributed by atoms with Crippen LogP contribution in [0, 0.1) is 6.92 Å². The molecule has 1 aromatic rings. The van der Waals surface area contributed by atoms with Crippen molar-refractivity contribution in [2.75, 3.05) is 0 Å². The fourth-order valence-electron chi connectivity index (χ4n) is 1.50. The molecular weight excluding hydrogens is 237 g/mol. The Kier molecular flexibility index (Phi) is 3.30. The van der Waals surface area contributed by atoms with Crippen LogP contribution in [-0.4, -0.2) is 10.5 Å². The van der Waals surface area contributed by atoms with Gasteiger partial charge in [-0.2, -0.15) is 13.2 Å². The molecule has 0 aliphatic carbocycles. The summed E-state index contributed by atoms with van der Waals surface area (Å²) in [7, 11) is 0. The van der Waals surface area contributed by atoms with Crippen molar-refractivity contribution < 1.29 is 18.0 Å². The molecular formula is C10H11F3N2O2. The third kappa shape index (κ3) is 2.66.